The highest BCUT2D eigenvalue weighted by atomic mass is 16.5. The zero-order valence-electron chi connectivity index (χ0n) is 14.1. The molecule has 0 saturated carbocycles. The van der Waals surface area contributed by atoms with Gasteiger partial charge in [-0.2, -0.15) is 0 Å². The Hall–Kier alpha value is -0.720. The largest absolute Gasteiger partial charge is 0.501 e. The van der Waals surface area contributed by atoms with Crippen molar-refractivity contribution in [3.8, 4) is 0 Å². The van der Waals surface area contributed by atoms with Crippen molar-refractivity contribution in [3.63, 3.8) is 0 Å². The highest BCUT2D eigenvalue weighted by molar-refractivity contribution is 4.82. The van der Waals surface area contributed by atoms with Gasteiger partial charge in [0.1, 0.15) is 0 Å². The quantitative estimate of drug-likeness (QED) is 0.197. The predicted molar refractivity (Wildman–Crippen MR) is 90.9 cm³/mol. The minimum Gasteiger partial charge on any atom is -0.501 e. The molecule has 1 unspecified atom stereocenters. The second-order valence-corrected chi connectivity index (χ2v) is 5.75. The van der Waals surface area contributed by atoms with Crippen LogP contribution in [0.5, 0.6) is 0 Å². The molecule has 0 N–H and O–H groups in total. The van der Waals surface area contributed by atoms with Crippen LogP contribution in [0.1, 0.15) is 85.0 Å². The average molecular weight is 280 g/mol. The van der Waals surface area contributed by atoms with Crippen LogP contribution in [0.2, 0.25) is 0 Å². The van der Waals surface area contributed by atoms with Crippen LogP contribution >= 0.6 is 0 Å². The van der Waals surface area contributed by atoms with Crippen molar-refractivity contribution in [2.45, 2.75) is 85.0 Å². The van der Waals surface area contributed by atoms with Crippen LogP contribution in [0.25, 0.3) is 0 Å². The Morgan fingerprint density at radius 3 is 2.30 bits per heavy atom. The van der Waals surface area contributed by atoms with Crippen molar-refractivity contribution < 1.29 is 4.74 Å². The van der Waals surface area contributed by atoms with Gasteiger partial charge in [0.05, 0.1) is 12.9 Å². The number of rotatable bonds is 14. The molecule has 0 amide bonds. The fourth-order valence-corrected chi connectivity index (χ4v) is 2.20. The lowest BCUT2D eigenvalue weighted by Gasteiger charge is -2.06. The third kappa shape index (κ3) is 15.3. The molecule has 0 saturated heterocycles. The van der Waals surface area contributed by atoms with E-state index in [1.165, 1.54) is 51.4 Å². The van der Waals surface area contributed by atoms with Crippen molar-refractivity contribution >= 4 is 0 Å². The van der Waals surface area contributed by atoms with Crippen LogP contribution in [0, 0.1) is 5.92 Å². The SMILES string of the molecule is CC/C=C\CCOC=CC(C)CCCCCCCCC. The van der Waals surface area contributed by atoms with E-state index in [0.29, 0.717) is 5.92 Å². The first-order chi connectivity index (χ1) is 9.81. The van der Waals surface area contributed by atoms with E-state index in [0.717, 1.165) is 19.4 Å². The number of allylic oxidation sites excluding steroid dienone is 2. The predicted octanol–water partition coefficient (Wildman–Crippen LogP) is 6.65. The van der Waals surface area contributed by atoms with Gasteiger partial charge in [0.25, 0.3) is 0 Å². The molecule has 0 bridgehead atoms. The third-order valence-corrected chi connectivity index (χ3v) is 3.57. The number of hydrogen-bond donors (Lipinski definition) is 0. The second-order valence-electron chi connectivity index (χ2n) is 5.75. The Morgan fingerprint density at radius 2 is 1.60 bits per heavy atom. The Morgan fingerprint density at radius 1 is 0.900 bits per heavy atom. The lowest BCUT2D eigenvalue weighted by Crippen LogP contribution is -1.91. The zero-order valence-corrected chi connectivity index (χ0v) is 14.1. The van der Waals surface area contributed by atoms with E-state index in [-0.39, 0.29) is 0 Å². The summed E-state index contributed by atoms with van der Waals surface area (Å²) < 4.78 is 5.49. The first-order valence-corrected chi connectivity index (χ1v) is 8.74. The van der Waals surface area contributed by atoms with Gasteiger partial charge in [-0.25, -0.2) is 0 Å². The maximum atomic E-state index is 5.49. The third-order valence-electron chi connectivity index (χ3n) is 3.57. The van der Waals surface area contributed by atoms with Gasteiger partial charge in [-0.05, 0) is 31.3 Å². The van der Waals surface area contributed by atoms with Crippen molar-refractivity contribution in [2.75, 3.05) is 6.61 Å². The summed E-state index contributed by atoms with van der Waals surface area (Å²) in [6, 6.07) is 0. The molecule has 0 heterocycles. The summed E-state index contributed by atoms with van der Waals surface area (Å²) in [5.41, 5.74) is 0. The molecule has 0 fully saturated rings. The average Bonchev–Trinajstić information content (AvgIpc) is 2.45. The zero-order chi connectivity index (χ0) is 14.9. The molecular weight excluding hydrogens is 244 g/mol. The monoisotopic (exact) mass is 280 g/mol. The molecule has 118 valence electrons. The van der Waals surface area contributed by atoms with Gasteiger partial charge in [-0.15, -0.1) is 0 Å². The Bertz CT molecular complexity index is 230. The number of unbranched alkanes of at least 4 members (excludes halogenated alkanes) is 6. The summed E-state index contributed by atoms with van der Waals surface area (Å²) in [7, 11) is 0. The van der Waals surface area contributed by atoms with Crippen LogP contribution in [-0.4, -0.2) is 6.61 Å². The fraction of sp³-hybridized carbons (Fsp3) is 0.789. The van der Waals surface area contributed by atoms with E-state index in [1.807, 2.05) is 6.26 Å². The lowest BCUT2D eigenvalue weighted by atomic mass is 10.0. The fourth-order valence-electron chi connectivity index (χ4n) is 2.20. The van der Waals surface area contributed by atoms with E-state index in [1.54, 1.807) is 0 Å². The first kappa shape index (κ1) is 19.3. The standard InChI is InChI=1S/C19H36O/c1-4-6-8-10-11-12-13-15-19(3)16-18-20-17-14-9-7-5-2/h7,9,16,18-19H,4-6,8,10-15,17H2,1-3H3/b9-7-,18-16?. The lowest BCUT2D eigenvalue weighted by molar-refractivity contribution is 0.253. The van der Waals surface area contributed by atoms with E-state index in [9.17, 15) is 0 Å². The van der Waals surface area contributed by atoms with E-state index < -0.39 is 0 Å². The Balaban J connectivity index is 3.30. The Kier molecular flexibility index (Phi) is 15.7. The molecule has 0 aliphatic heterocycles. The second kappa shape index (κ2) is 16.3. The van der Waals surface area contributed by atoms with Gasteiger partial charge in [0.15, 0.2) is 0 Å². The number of hydrogen-bond acceptors (Lipinski definition) is 1. The highest BCUT2D eigenvalue weighted by Gasteiger charge is 1.97. The van der Waals surface area contributed by atoms with Gasteiger partial charge in [-0.1, -0.05) is 77.9 Å². The Labute approximate surface area is 127 Å². The molecule has 1 atom stereocenters. The summed E-state index contributed by atoms with van der Waals surface area (Å²) >= 11 is 0. The van der Waals surface area contributed by atoms with Crippen molar-refractivity contribution in [2.24, 2.45) is 5.92 Å². The first-order valence-electron chi connectivity index (χ1n) is 8.74. The van der Waals surface area contributed by atoms with Gasteiger partial charge < -0.3 is 4.74 Å². The van der Waals surface area contributed by atoms with Gasteiger partial charge >= 0.3 is 0 Å². The summed E-state index contributed by atoms with van der Waals surface area (Å²) in [4.78, 5) is 0. The molecule has 0 aliphatic rings. The van der Waals surface area contributed by atoms with Crippen LogP contribution in [0.15, 0.2) is 24.5 Å². The molecule has 0 spiro atoms. The van der Waals surface area contributed by atoms with Crippen LogP contribution < -0.4 is 0 Å². The molecule has 0 rings (SSSR count). The van der Waals surface area contributed by atoms with Crippen molar-refractivity contribution in [3.05, 3.63) is 24.5 Å². The van der Waals surface area contributed by atoms with Crippen molar-refractivity contribution in [1.29, 1.82) is 0 Å². The maximum absolute atomic E-state index is 5.49. The van der Waals surface area contributed by atoms with Crippen LogP contribution in [-0.2, 0) is 4.74 Å². The molecule has 0 aromatic heterocycles. The summed E-state index contributed by atoms with van der Waals surface area (Å²) in [5.74, 6) is 0.650. The van der Waals surface area contributed by atoms with Gasteiger partial charge in [0.2, 0.25) is 0 Å². The maximum Gasteiger partial charge on any atom is 0.0907 e. The normalized spacial score (nSPS) is 13.3. The molecule has 0 aromatic rings. The van der Waals surface area contributed by atoms with Gasteiger partial charge in [-0.3, -0.25) is 0 Å². The molecular formula is C19H36O. The molecule has 0 aliphatic carbocycles. The number of ether oxygens (including phenoxy) is 1. The highest BCUT2D eigenvalue weighted by Crippen LogP contribution is 2.13. The molecule has 20 heavy (non-hydrogen) atoms. The van der Waals surface area contributed by atoms with Crippen LogP contribution in [0.4, 0.5) is 0 Å². The molecule has 0 radical (unpaired) electrons. The van der Waals surface area contributed by atoms with E-state index in [2.05, 4.69) is 39.0 Å². The molecule has 1 nitrogen and oxygen atoms in total. The minimum atomic E-state index is 0.650. The molecule has 0 aromatic carbocycles. The van der Waals surface area contributed by atoms with E-state index >= 15 is 0 Å². The van der Waals surface area contributed by atoms with Gasteiger partial charge in [0, 0.05) is 0 Å². The van der Waals surface area contributed by atoms with Crippen molar-refractivity contribution in [1.82, 2.24) is 0 Å². The summed E-state index contributed by atoms with van der Waals surface area (Å²) in [5, 5.41) is 0. The topological polar surface area (TPSA) is 9.23 Å². The minimum absolute atomic E-state index is 0.650. The molecule has 1 heteroatoms. The van der Waals surface area contributed by atoms with E-state index in [4.69, 9.17) is 4.74 Å². The summed E-state index contributed by atoms with van der Waals surface area (Å²) in [6.07, 6.45) is 21.7. The summed E-state index contributed by atoms with van der Waals surface area (Å²) in [6.45, 7) is 7.52. The smallest absolute Gasteiger partial charge is 0.0907 e. The van der Waals surface area contributed by atoms with Crippen LogP contribution in [0.3, 0.4) is 0 Å².